The predicted molar refractivity (Wildman–Crippen MR) is 113 cm³/mol. The number of halogens is 2. The standard InChI is InChI=1S/C20H15Br2N3O2/c21-14-6-11-19(18(22)12-14)27-13-20(26)23-15-7-9-17(10-8-15)25-24-16-4-2-1-3-5-16/h1-12H,13H2,(H,23,26). The van der Waals surface area contributed by atoms with Gasteiger partial charge in [-0.1, -0.05) is 34.1 Å². The van der Waals surface area contributed by atoms with Crippen LogP contribution < -0.4 is 10.1 Å². The van der Waals surface area contributed by atoms with Gasteiger partial charge < -0.3 is 10.1 Å². The van der Waals surface area contributed by atoms with Gasteiger partial charge in [0.15, 0.2) is 6.61 Å². The molecule has 136 valence electrons. The highest BCUT2D eigenvalue weighted by molar-refractivity contribution is 9.11. The maximum Gasteiger partial charge on any atom is 0.262 e. The van der Waals surface area contributed by atoms with Crippen molar-refractivity contribution in [2.45, 2.75) is 0 Å². The lowest BCUT2D eigenvalue weighted by molar-refractivity contribution is -0.118. The number of hydrogen-bond donors (Lipinski definition) is 1. The van der Waals surface area contributed by atoms with E-state index in [1.165, 1.54) is 0 Å². The van der Waals surface area contributed by atoms with E-state index in [0.717, 1.165) is 14.6 Å². The van der Waals surface area contributed by atoms with Gasteiger partial charge in [-0.3, -0.25) is 4.79 Å². The Kier molecular flexibility index (Phi) is 6.73. The number of carbonyl (C=O) groups is 1. The molecule has 0 spiro atoms. The van der Waals surface area contributed by atoms with Gasteiger partial charge in [0.25, 0.3) is 5.91 Å². The zero-order chi connectivity index (χ0) is 19.1. The topological polar surface area (TPSA) is 63.0 Å². The highest BCUT2D eigenvalue weighted by atomic mass is 79.9. The van der Waals surface area contributed by atoms with Crippen molar-refractivity contribution in [2.75, 3.05) is 11.9 Å². The Balaban J connectivity index is 1.53. The van der Waals surface area contributed by atoms with Crippen molar-refractivity contribution in [3.63, 3.8) is 0 Å². The maximum absolute atomic E-state index is 12.1. The normalized spacial score (nSPS) is 10.7. The average molecular weight is 489 g/mol. The van der Waals surface area contributed by atoms with Crippen molar-refractivity contribution in [3.05, 3.63) is 81.7 Å². The second-order valence-corrected chi connectivity index (χ2v) is 7.26. The molecule has 3 aromatic carbocycles. The largest absolute Gasteiger partial charge is 0.483 e. The summed E-state index contributed by atoms with van der Waals surface area (Å²) in [6, 6.07) is 22.1. The summed E-state index contributed by atoms with van der Waals surface area (Å²) in [6.45, 7) is -0.0876. The van der Waals surface area contributed by atoms with Gasteiger partial charge in [-0.2, -0.15) is 10.2 Å². The molecule has 0 aliphatic rings. The lowest BCUT2D eigenvalue weighted by Crippen LogP contribution is -2.20. The van der Waals surface area contributed by atoms with Crippen LogP contribution in [0.2, 0.25) is 0 Å². The summed E-state index contributed by atoms with van der Waals surface area (Å²) in [7, 11) is 0. The van der Waals surface area contributed by atoms with Gasteiger partial charge in [0.05, 0.1) is 15.8 Å². The minimum atomic E-state index is -0.247. The number of anilines is 1. The first kappa shape index (κ1) is 19.3. The lowest BCUT2D eigenvalue weighted by atomic mass is 10.3. The molecule has 0 radical (unpaired) electrons. The number of ether oxygens (including phenoxy) is 1. The summed E-state index contributed by atoms with van der Waals surface area (Å²) in [5.74, 6) is 0.355. The van der Waals surface area contributed by atoms with Gasteiger partial charge in [0.2, 0.25) is 0 Å². The fourth-order valence-corrected chi connectivity index (χ4v) is 3.32. The van der Waals surface area contributed by atoms with Gasteiger partial charge >= 0.3 is 0 Å². The number of nitrogens with one attached hydrogen (secondary N) is 1. The molecule has 27 heavy (non-hydrogen) atoms. The Bertz CT molecular complexity index is 945. The molecule has 0 aromatic heterocycles. The van der Waals surface area contributed by atoms with Crippen molar-refractivity contribution in [2.24, 2.45) is 10.2 Å². The Morgan fingerprint density at radius 2 is 1.56 bits per heavy atom. The molecule has 0 aliphatic heterocycles. The highest BCUT2D eigenvalue weighted by Gasteiger charge is 2.07. The monoisotopic (exact) mass is 487 g/mol. The molecule has 1 amide bonds. The van der Waals surface area contributed by atoms with Crippen LogP contribution in [0.25, 0.3) is 0 Å². The Morgan fingerprint density at radius 1 is 0.889 bits per heavy atom. The van der Waals surface area contributed by atoms with E-state index in [2.05, 4.69) is 47.4 Å². The van der Waals surface area contributed by atoms with Gasteiger partial charge in [-0.15, -0.1) is 0 Å². The van der Waals surface area contributed by atoms with Crippen molar-refractivity contribution < 1.29 is 9.53 Å². The van der Waals surface area contributed by atoms with Crippen LogP contribution >= 0.6 is 31.9 Å². The van der Waals surface area contributed by atoms with E-state index in [1.807, 2.05) is 42.5 Å². The molecule has 0 heterocycles. The second kappa shape index (κ2) is 9.43. The fourth-order valence-electron chi connectivity index (χ4n) is 2.15. The number of rotatable bonds is 6. The number of carbonyl (C=O) groups excluding carboxylic acids is 1. The molecule has 0 atom stereocenters. The SMILES string of the molecule is O=C(COc1ccc(Br)cc1Br)Nc1ccc(N=Nc2ccccc2)cc1. The smallest absolute Gasteiger partial charge is 0.262 e. The summed E-state index contributed by atoms with van der Waals surface area (Å²) in [5.41, 5.74) is 2.15. The van der Waals surface area contributed by atoms with Crippen molar-refractivity contribution >= 4 is 54.8 Å². The van der Waals surface area contributed by atoms with Gasteiger partial charge in [0, 0.05) is 10.2 Å². The molecule has 0 bridgehead atoms. The molecule has 0 saturated carbocycles. The van der Waals surface area contributed by atoms with E-state index in [4.69, 9.17) is 4.74 Å². The van der Waals surface area contributed by atoms with Crippen LogP contribution in [0.3, 0.4) is 0 Å². The van der Waals surface area contributed by atoms with Crippen LogP contribution in [0.5, 0.6) is 5.75 Å². The molecular formula is C20H15Br2N3O2. The number of hydrogen-bond acceptors (Lipinski definition) is 4. The second-order valence-electron chi connectivity index (χ2n) is 5.49. The van der Waals surface area contributed by atoms with Crippen molar-refractivity contribution in [3.8, 4) is 5.75 Å². The van der Waals surface area contributed by atoms with E-state index in [1.54, 1.807) is 30.3 Å². The molecule has 7 heteroatoms. The van der Waals surface area contributed by atoms with E-state index < -0.39 is 0 Å². The van der Waals surface area contributed by atoms with Crippen LogP contribution in [0, 0.1) is 0 Å². The summed E-state index contributed by atoms with van der Waals surface area (Å²) in [6.07, 6.45) is 0. The zero-order valence-corrected chi connectivity index (χ0v) is 17.3. The summed E-state index contributed by atoms with van der Waals surface area (Å²) in [5, 5.41) is 11.1. The summed E-state index contributed by atoms with van der Waals surface area (Å²) in [4.78, 5) is 12.1. The summed E-state index contributed by atoms with van der Waals surface area (Å²) < 4.78 is 7.23. The van der Waals surface area contributed by atoms with Gasteiger partial charge in [-0.05, 0) is 70.5 Å². The first-order chi connectivity index (χ1) is 13.1. The van der Waals surface area contributed by atoms with Gasteiger partial charge in [0.1, 0.15) is 5.75 Å². The average Bonchev–Trinajstić information content (AvgIpc) is 2.67. The number of benzene rings is 3. The third kappa shape index (κ3) is 6.01. The molecule has 0 aliphatic carbocycles. The lowest BCUT2D eigenvalue weighted by Gasteiger charge is -2.09. The molecule has 5 nitrogen and oxygen atoms in total. The Morgan fingerprint density at radius 3 is 2.22 bits per heavy atom. The molecule has 0 fully saturated rings. The number of amides is 1. The van der Waals surface area contributed by atoms with Crippen molar-refractivity contribution in [1.82, 2.24) is 0 Å². The minimum absolute atomic E-state index is 0.0876. The zero-order valence-electron chi connectivity index (χ0n) is 14.1. The molecule has 0 saturated heterocycles. The maximum atomic E-state index is 12.1. The molecular weight excluding hydrogens is 474 g/mol. The van der Waals surface area contributed by atoms with Crippen LogP contribution in [0.1, 0.15) is 0 Å². The Hall–Kier alpha value is -2.51. The highest BCUT2D eigenvalue weighted by Crippen LogP contribution is 2.28. The minimum Gasteiger partial charge on any atom is -0.483 e. The molecule has 0 unspecified atom stereocenters. The third-order valence-electron chi connectivity index (χ3n) is 3.44. The van der Waals surface area contributed by atoms with Gasteiger partial charge in [-0.25, -0.2) is 0 Å². The molecule has 3 aromatic rings. The predicted octanol–water partition coefficient (Wildman–Crippen LogP) is 6.64. The fraction of sp³-hybridized carbons (Fsp3) is 0.0500. The Labute approximate surface area is 173 Å². The first-order valence-electron chi connectivity index (χ1n) is 8.05. The van der Waals surface area contributed by atoms with E-state index >= 15 is 0 Å². The van der Waals surface area contributed by atoms with Crippen molar-refractivity contribution in [1.29, 1.82) is 0 Å². The molecule has 1 N–H and O–H groups in total. The number of nitrogens with zero attached hydrogens (tertiary/aromatic N) is 2. The van der Waals surface area contributed by atoms with Crippen LogP contribution in [0.15, 0.2) is 92.0 Å². The van der Waals surface area contributed by atoms with Crippen LogP contribution in [-0.2, 0) is 4.79 Å². The third-order valence-corrected chi connectivity index (χ3v) is 4.55. The van der Waals surface area contributed by atoms with E-state index in [9.17, 15) is 4.79 Å². The van der Waals surface area contributed by atoms with Crippen LogP contribution in [0.4, 0.5) is 17.1 Å². The van der Waals surface area contributed by atoms with E-state index in [0.29, 0.717) is 17.1 Å². The summed E-state index contributed by atoms with van der Waals surface area (Å²) >= 11 is 6.77. The quantitative estimate of drug-likeness (QED) is 0.395. The first-order valence-corrected chi connectivity index (χ1v) is 9.63. The number of azo groups is 1. The molecule has 3 rings (SSSR count). The van der Waals surface area contributed by atoms with Crippen LogP contribution in [-0.4, -0.2) is 12.5 Å². The van der Waals surface area contributed by atoms with E-state index in [-0.39, 0.29) is 12.5 Å².